The van der Waals surface area contributed by atoms with E-state index in [9.17, 15) is 13.2 Å². The van der Waals surface area contributed by atoms with Gasteiger partial charge in [-0.15, -0.1) is 0 Å². The molecular formula is C16H16Br2N2O3S. The largest absolute Gasteiger partial charge is 0.325 e. The third-order valence-electron chi connectivity index (χ3n) is 3.33. The van der Waals surface area contributed by atoms with E-state index in [2.05, 4.69) is 37.2 Å². The van der Waals surface area contributed by atoms with Gasteiger partial charge in [0.1, 0.15) is 0 Å². The molecule has 0 atom stereocenters. The van der Waals surface area contributed by atoms with Crippen molar-refractivity contribution in [3.8, 4) is 0 Å². The van der Waals surface area contributed by atoms with E-state index in [4.69, 9.17) is 0 Å². The Morgan fingerprint density at radius 3 is 2.42 bits per heavy atom. The monoisotopic (exact) mass is 474 g/mol. The second-order valence-electron chi connectivity index (χ2n) is 5.23. The third-order valence-corrected chi connectivity index (χ3v) is 6.12. The van der Waals surface area contributed by atoms with Crippen molar-refractivity contribution in [3.63, 3.8) is 0 Å². The van der Waals surface area contributed by atoms with Crippen molar-refractivity contribution < 1.29 is 13.2 Å². The minimum atomic E-state index is -3.73. The van der Waals surface area contributed by atoms with Crippen LogP contribution >= 0.6 is 31.9 Å². The van der Waals surface area contributed by atoms with E-state index in [1.165, 1.54) is 19.2 Å². The summed E-state index contributed by atoms with van der Waals surface area (Å²) in [6.07, 6.45) is 0. The summed E-state index contributed by atoms with van der Waals surface area (Å²) in [5, 5.41) is 2.73. The number of anilines is 1. The van der Waals surface area contributed by atoms with Crippen LogP contribution < -0.4 is 5.32 Å². The number of likely N-dealkylation sites (N-methyl/N-ethyl adjacent to an activating group) is 1. The SMILES string of the molecule is Cc1cc(Br)ccc1NC(=O)CN(C)S(=O)(=O)c1cccc(Br)c1. The molecular weight excluding hydrogens is 460 g/mol. The van der Waals surface area contributed by atoms with Crippen LogP contribution in [0.5, 0.6) is 0 Å². The number of carbonyl (C=O) groups excluding carboxylic acids is 1. The number of carbonyl (C=O) groups is 1. The van der Waals surface area contributed by atoms with Gasteiger partial charge in [-0.3, -0.25) is 4.79 Å². The van der Waals surface area contributed by atoms with Gasteiger partial charge in [0.15, 0.2) is 0 Å². The van der Waals surface area contributed by atoms with Crippen molar-refractivity contribution in [1.82, 2.24) is 4.31 Å². The van der Waals surface area contributed by atoms with Crippen LogP contribution in [-0.2, 0) is 14.8 Å². The Bertz CT molecular complexity index is 869. The molecule has 0 spiro atoms. The second kappa shape index (κ2) is 7.77. The highest BCUT2D eigenvalue weighted by Gasteiger charge is 2.23. The molecule has 5 nitrogen and oxygen atoms in total. The minimum Gasteiger partial charge on any atom is -0.325 e. The van der Waals surface area contributed by atoms with E-state index in [-0.39, 0.29) is 11.4 Å². The highest BCUT2D eigenvalue weighted by atomic mass is 79.9. The molecule has 2 aromatic rings. The predicted molar refractivity (Wildman–Crippen MR) is 101 cm³/mol. The summed E-state index contributed by atoms with van der Waals surface area (Å²) in [7, 11) is -2.35. The van der Waals surface area contributed by atoms with Crippen molar-refractivity contribution in [2.75, 3.05) is 18.9 Å². The fraction of sp³-hybridized carbons (Fsp3) is 0.188. The van der Waals surface area contributed by atoms with Gasteiger partial charge in [-0.2, -0.15) is 4.31 Å². The molecule has 0 saturated heterocycles. The number of halogens is 2. The summed E-state index contributed by atoms with van der Waals surface area (Å²) in [6, 6.07) is 11.8. The van der Waals surface area contributed by atoms with Gasteiger partial charge in [-0.1, -0.05) is 37.9 Å². The van der Waals surface area contributed by atoms with Gasteiger partial charge in [0.05, 0.1) is 11.4 Å². The molecule has 0 heterocycles. The van der Waals surface area contributed by atoms with Crippen LogP contribution in [0.4, 0.5) is 5.69 Å². The van der Waals surface area contributed by atoms with Crippen LogP contribution in [0.2, 0.25) is 0 Å². The molecule has 0 unspecified atom stereocenters. The first-order valence-corrected chi connectivity index (χ1v) is 10.0. The summed E-state index contributed by atoms with van der Waals surface area (Å²) in [5.74, 6) is -0.401. The quantitative estimate of drug-likeness (QED) is 0.715. The lowest BCUT2D eigenvalue weighted by molar-refractivity contribution is -0.116. The normalized spacial score (nSPS) is 11.5. The predicted octanol–water partition coefficient (Wildman–Crippen LogP) is 3.78. The van der Waals surface area contributed by atoms with E-state index < -0.39 is 15.9 Å². The maximum Gasteiger partial charge on any atom is 0.243 e. The lowest BCUT2D eigenvalue weighted by Crippen LogP contribution is -2.35. The lowest BCUT2D eigenvalue weighted by Gasteiger charge is -2.17. The highest BCUT2D eigenvalue weighted by molar-refractivity contribution is 9.10. The van der Waals surface area contributed by atoms with Gasteiger partial charge in [-0.05, 0) is 48.9 Å². The number of amides is 1. The van der Waals surface area contributed by atoms with Crippen molar-refractivity contribution in [1.29, 1.82) is 0 Å². The first-order valence-electron chi connectivity index (χ1n) is 6.98. The maximum absolute atomic E-state index is 12.5. The van der Waals surface area contributed by atoms with E-state index in [0.29, 0.717) is 10.2 Å². The number of hydrogen-bond acceptors (Lipinski definition) is 3. The average molecular weight is 476 g/mol. The zero-order valence-electron chi connectivity index (χ0n) is 13.1. The summed E-state index contributed by atoms with van der Waals surface area (Å²) in [5.41, 5.74) is 1.53. The molecule has 0 bridgehead atoms. The fourth-order valence-corrected chi connectivity index (χ4v) is 4.25. The first kappa shape index (κ1) is 19.1. The Morgan fingerprint density at radius 2 is 1.79 bits per heavy atom. The van der Waals surface area contributed by atoms with Gasteiger partial charge in [-0.25, -0.2) is 8.42 Å². The van der Waals surface area contributed by atoms with Gasteiger partial charge in [0.25, 0.3) is 0 Å². The minimum absolute atomic E-state index is 0.131. The smallest absolute Gasteiger partial charge is 0.243 e. The van der Waals surface area contributed by atoms with Gasteiger partial charge in [0, 0.05) is 21.7 Å². The number of hydrogen-bond donors (Lipinski definition) is 1. The van der Waals surface area contributed by atoms with Gasteiger partial charge < -0.3 is 5.32 Å². The molecule has 2 rings (SSSR count). The van der Waals surface area contributed by atoms with Gasteiger partial charge in [0.2, 0.25) is 15.9 Å². The van der Waals surface area contributed by atoms with E-state index in [1.54, 1.807) is 18.2 Å². The molecule has 8 heteroatoms. The number of benzene rings is 2. The molecule has 24 heavy (non-hydrogen) atoms. The summed E-state index contributed by atoms with van der Waals surface area (Å²) >= 11 is 6.60. The van der Waals surface area contributed by atoms with Crippen LogP contribution in [0.15, 0.2) is 56.3 Å². The van der Waals surface area contributed by atoms with Crippen LogP contribution in [0.3, 0.4) is 0 Å². The maximum atomic E-state index is 12.5. The van der Waals surface area contributed by atoms with E-state index >= 15 is 0 Å². The Kier molecular flexibility index (Phi) is 6.19. The Morgan fingerprint density at radius 1 is 1.12 bits per heavy atom. The molecule has 0 fully saturated rings. The molecule has 2 aromatic carbocycles. The molecule has 0 saturated carbocycles. The Hall–Kier alpha value is -1.22. The van der Waals surface area contributed by atoms with Crippen molar-refractivity contribution in [2.24, 2.45) is 0 Å². The summed E-state index contributed by atoms with van der Waals surface area (Å²) in [4.78, 5) is 12.3. The molecule has 0 radical (unpaired) electrons. The molecule has 0 aliphatic heterocycles. The average Bonchev–Trinajstić information content (AvgIpc) is 2.50. The van der Waals surface area contributed by atoms with E-state index in [1.807, 2.05) is 19.1 Å². The number of rotatable bonds is 5. The van der Waals surface area contributed by atoms with Crippen molar-refractivity contribution >= 4 is 53.5 Å². The van der Waals surface area contributed by atoms with Crippen molar-refractivity contribution in [3.05, 3.63) is 57.0 Å². The topological polar surface area (TPSA) is 66.5 Å². The number of sulfonamides is 1. The first-order chi connectivity index (χ1) is 11.2. The van der Waals surface area contributed by atoms with Crippen molar-refractivity contribution in [2.45, 2.75) is 11.8 Å². The number of nitrogens with zero attached hydrogens (tertiary/aromatic N) is 1. The lowest BCUT2D eigenvalue weighted by atomic mass is 10.2. The number of nitrogens with one attached hydrogen (secondary N) is 1. The third kappa shape index (κ3) is 4.66. The van der Waals surface area contributed by atoms with Gasteiger partial charge >= 0.3 is 0 Å². The molecule has 0 aliphatic carbocycles. The summed E-state index contributed by atoms with van der Waals surface area (Å²) < 4.78 is 27.6. The van der Waals surface area contributed by atoms with Crippen LogP contribution in [0.25, 0.3) is 0 Å². The molecule has 1 N–H and O–H groups in total. The zero-order chi connectivity index (χ0) is 17.9. The Labute approximate surface area is 158 Å². The second-order valence-corrected chi connectivity index (χ2v) is 9.10. The molecule has 128 valence electrons. The zero-order valence-corrected chi connectivity index (χ0v) is 17.1. The van der Waals surface area contributed by atoms with Crippen LogP contribution in [-0.4, -0.2) is 32.2 Å². The highest BCUT2D eigenvalue weighted by Crippen LogP contribution is 2.21. The fourth-order valence-electron chi connectivity index (χ4n) is 2.05. The molecule has 0 aromatic heterocycles. The number of aryl methyl sites for hydroxylation is 1. The van der Waals surface area contributed by atoms with E-state index in [0.717, 1.165) is 14.3 Å². The van der Waals surface area contributed by atoms with Crippen LogP contribution in [0, 0.1) is 6.92 Å². The summed E-state index contributed by atoms with van der Waals surface area (Å²) in [6.45, 7) is 1.59. The molecule has 0 aliphatic rings. The molecule has 1 amide bonds. The standard InChI is InChI=1S/C16H16Br2N2O3S/c1-11-8-13(18)6-7-15(11)19-16(21)10-20(2)24(22,23)14-5-3-4-12(17)9-14/h3-9H,10H2,1-2H3,(H,19,21). The van der Waals surface area contributed by atoms with Crippen LogP contribution in [0.1, 0.15) is 5.56 Å². The Balaban J connectivity index is 2.10.